The smallest absolute Gasteiger partial charge is 0.328 e. The number of carboxylic acids is 2. The molecule has 0 radical (unpaired) electrons. The lowest BCUT2D eigenvalue weighted by atomic mass is 10.0. The molecule has 0 unspecified atom stereocenters. The summed E-state index contributed by atoms with van der Waals surface area (Å²) in [6, 6.07) is -8.65. The van der Waals surface area contributed by atoms with Gasteiger partial charge in [-0.05, 0) is 24.7 Å². The molecule has 6 amide bonds. The maximum atomic E-state index is 13.4. The van der Waals surface area contributed by atoms with E-state index in [0.29, 0.717) is 5.69 Å². The molecular weight excluding hydrogens is 678 g/mol. The third-order valence-electron chi connectivity index (χ3n) is 7.08. The number of carbonyl (C=O) groups excluding carboxylic acids is 6. The molecule has 286 valence electrons. The van der Waals surface area contributed by atoms with Crippen LogP contribution >= 0.6 is 0 Å². The Morgan fingerprint density at radius 3 is 1.69 bits per heavy atom. The number of hydrogen-bond acceptors (Lipinski definition) is 12. The van der Waals surface area contributed by atoms with Crippen molar-refractivity contribution in [3.8, 4) is 0 Å². The summed E-state index contributed by atoms with van der Waals surface area (Å²) in [5.41, 5.74) is 5.88. The number of aliphatic hydroxyl groups excluding tert-OH is 2. The quantitative estimate of drug-likeness (QED) is 0.0505. The fourth-order valence-electron chi connectivity index (χ4n) is 4.52. The van der Waals surface area contributed by atoms with E-state index in [0.717, 1.165) is 0 Å². The fourth-order valence-corrected chi connectivity index (χ4v) is 4.52. The van der Waals surface area contributed by atoms with E-state index in [1.807, 2.05) is 0 Å². The zero-order valence-corrected chi connectivity index (χ0v) is 28.8. The Morgan fingerprint density at radius 2 is 1.22 bits per heavy atom. The molecule has 0 bridgehead atoms. The molecule has 21 heteroatoms. The van der Waals surface area contributed by atoms with E-state index in [9.17, 15) is 53.7 Å². The molecule has 0 saturated heterocycles. The summed E-state index contributed by atoms with van der Waals surface area (Å²) in [7, 11) is 0. The van der Waals surface area contributed by atoms with Gasteiger partial charge in [-0.25, -0.2) is 9.78 Å². The third-order valence-corrected chi connectivity index (χ3v) is 7.08. The predicted octanol–water partition coefficient (Wildman–Crippen LogP) is -4.54. The van der Waals surface area contributed by atoms with Crippen molar-refractivity contribution in [2.75, 3.05) is 19.8 Å². The van der Waals surface area contributed by atoms with Crippen LogP contribution in [0.1, 0.15) is 52.7 Å². The Kier molecular flexibility index (Phi) is 18.8. The maximum Gasteiger partial charge on any atom is 0.328 e. The van der Waals surface area contributed by atoms with Crippen LogP contribution in [0.15, 0.2) is 12.5 Å². The van der Waals surface area contributed by atoms with Crippen molar-refractivity contribution in [1.82, 2.24) is 41.9 Å². The van der Waals surface area contributed by atoms with Gasteiger partial charge >= 0.3 is 11.9 Å². The van der Waals surface area contributed by atoms with Crippen molar-refractivity contribution in [2.24, 2.45) is 17.6 Å². The number of hydrogen-bond donors (Lipinski definition) is 12. The molecular formula is C30H49N9O12. The molecule has 1 heterocycles. The second-order valence-corrected chi connectivity index (χ2v) is 12.5. The zero-order chi connectivity index (χ0) is 38.8. The first kappa shape index (κ1) is 43.9. The highest BCUT2D eigenvalue weighted by Crippen LogP contribution is 2.08. The highest BCUT2D eigenvalue weighted by atomic mass is 16.4. The lowest BCUT2D eigenvalue weighted by Gasteiger charge is -2.26. The minimum Gasteiger partial charge on any atom is -0.481 e. The molecule has 0 fully saturated rings. The summed E-state index contributed by atoms with van der Waals surface area (Å²) in [4.78, 5) is 107. The average Bonchev–Trinajstić information content (AvgIpc) is 3.56. The summed E-state index contributed by atoms with van der Waals surface area (Å²) >= 11 is 0. The molecule has 6 atom stereocenters. The van der Waals surface area contributed by atoms with E-state index in [4.69, 9.17) is 10.8 Å². The molecule has 1 rings (SSSR count). The second kappa shape index (κ2) is 21.8. The van der Waals surface area contributed by atoms with Gasteiger partial charge in [0.25, 0.3) is 0 Å². The molecule has 0 aliphatic rings. The molecule has 0 aliphatic carbocycles. The molecule has 13 N–H and O–H groups in total. The van der Waals surface area contributed by atoms with E-state index < -0.39 is 110 Å². The summed E-state index contributed by atoms with van der Waals surface area (Å²) < 4.78 is 0. The molecule has 1 aromatic heterocycles. The monoisotopic (exact) mass is 727 g/mol. The zero-order valence-electron chi connectivity index (χ0n) is 28.8. The number of rotatable bonds is 23. The Labute approximate surface area is 293 Å². The number of imidazole rings is 1. The van der Waals surface area contributed by atoms with Gasteiger partial charge in [-0.1, -0.05) is 27.7 Å². The summed E-state index contributed by atoms with van der Waals surface area (Å²) in [6.07, 6.45) is 1.63. The highest BCUT2D eigenvalue weighted by Gasteiger charge is 2.33. The highest BCUT2D eigenvalue weighted by molar-refractivity contribution is 5.97. The van der Waals surface area contributed by atoms with Crippen LogP contribution in [0.4, 0.5) is 0 Å². The van der Waals surface area contributed by atoms with Crippen LogP contribution in [0.2, 0.25) is 0 Å². The van der Waals surface area contributed by atoms with Crippen LogP contribution in [0.5, 0.6) is 0 Å². The van der Waals surface area contributed by atoms with Gasteiger partial charge in [0, 0.05) is 18.3 Å². The lowest BCUT2D eigenvalue weighted by Crippen LogP contribution is -2.59. The maximum absolute atomic E-state index is 13.4. The first-order valence-electron chi connectivity index (χ1n) is 16.1. The molecule has 21 nitrogen and oxygen atoms in total. The van der Waals surface area contributed by atoms with Crippen molar-refractivity contribution in [2.45, 2.75) is 89.6 Å². The molecule has 0 saturated carbocycles. The van der Waals surface area contributed by atoms with Crippen LogP contribution in [0, 0.1) is 11.8 Å². The Bertz CT molecular complexity index is 1360. The van der Waals surface area contributed by atoms with Crippen LogP contribution in [-0.2, 0) is 44.8 Å². The summed E-state index contributed by atoms with van der Waals surface area (Å²) in [6.45, 7) is 4.65. The number of nitrogens with one attached hydrogen (secondary N) is 7. The van der Waals surface area contributed by atoms with Crippen molar-refractivity contribution >= 4 is 47.4 Å². The number of carbonyl (C=O) groups is 8. The van der Waals surface area contributed by atoms with Crippen molar-refractivity contribution in [1.29, 1.82) is 0 Å². The van der Waals surface area contributed by atoms with Gasteiger partial charge in [-0.2, -0.15) is 0 Å². The number of amides is 6. The number of carboxylic acid groups (broad SMARTS) is 2. The van der Waals surface area contributed by atoms with Crippen LogP contribution in [0.3, 0.4) is 0 Å². The largest absolute Gasteiger partial charge is 0.481 e. The van der Waals surface area contributed by atoms with E-state index in [-0.39, 0.29) is 31.1 Å². The van der Waals surface area contributed by atoms with Crippen LogP contribution in [0.25, 0.3) is 0 Å². The van der Waals surface area contributed by atoms with Gasteiger partial charge in [0.05, 0.1) is 32.5 Å². The van der Waals surface area contributed by atoms with E-state index in [2.05, 4.69) is 41.9 Å². The SMILES string of the molecule is CC(C)C[C@H](NC(=O)CNC(=O)[C@H](Cc1cnc[nH]1)NC(=O)[C@H](CC(=O)O)NC(=O)[C@H](CC(C)C)NC(=O)[C@@H](N)CO)C(=O)N[C@@H](CO)C(=O)O. The minimum atomic E-state index is -1.74. The predicted molar refractivity (Wildman–Crippen MR) is 176 cm³/mol. The van der Waals surface area contributed by atoms with E-state index in [1.54, 1.807) is 27.7 Å². The molecule has 0 aliphatic heterocycles. The topological polar surface area (TPSA) is 344 Å². The first-order valence-corrected chi connectivity index (χ1v) is 16.1. The number of H-pyrrole nitrogens is 1. The third kappa shape index (κ3) is 16.4. The minimum absolute atomic E-state index is 0.0608. The second-order valence-electron chi connectivity index (χ2n) is 12.5. The van der Waals surface area contributed by atoms with Gasteiger partial charge in [0.1, 0.15) is 36.3 Å². The molecule has 0 aromatic carbocycles. The number of aliphatic carboxylic acids is 2. The van der Waals surface area contributed by atoms with Crippen molar-refractivity contribution in [3.05, 3.63) is 18.2 Å². The van der Waals surface area contributed by atoms with Crippen molar-refractivity contribution < 1.29 is 58.8 Å². The molecule has 51 heavy (non-hydrogen) atoms. The fraction of sp³-hybridized carbons (Fsp3) is 0.633. The average molecular weight is 728 g/mol. The van der Waals surface area contributed by atoms with Crippen LogP contribution in [-0.4, -0.2) is 134 Å². The normalized spacial score (nSPS) is 14.6. The number of nitrogens with two attached hydrogens (primary N) is 1. The van der Waals surface area contributed by atoms with Gasteiger partial charge in [0.2, 0.25) is 35.4 Å². The van der Waals surface area contributed by atoms with Gasteiger partial charge in [0.15, 0.2) is 0 Å². The van der Waals surface area contributed by atoms with Gasteiger partial charge in [-0.3, -0.25) is 33.6 Å². The van der Waals surface area contributed by atoms with E-state index >= 15 is 0 Å². The van der Waals surface area contributed by atoms with E-state index in [1.165, 1.54) is 12.5 Å². The summed E-state index contributed by atoms with van der Waals surface area (Å²) in [5.74, 6) is -8.82. The number of aromatic amines is 1. The number of aliphatic hydroxyl groups is 2. The molecule has 1 aromatic rings. The van der Waals surface area contributed by atoms with Gasteiger partial charge < -0.3 is 63.0 Å². The van der Waals surface area contributed by atoms with Gasteiger partial charge in [-0.15, -0.1) is 0 Å². The Hall–Kier alpha value is -5.15. The molecule has 0 spiro atoms. The van der Waals surface area contributed by atoms with Crippen molar-refractivity contribution in [3.63, 3.8) is 0 Å². The number of aromatic nitrogens is 2. The lowest BCUT2D eigenvalue weighted by molar-refractivity contribution is -0.143. The Balaban J connectivity index is 3.14. The van der Waals surface area contributed by atoms with Crippen LogP contribution < -0.4 is 37.6 Å². The number of nitrogens with zero attached hydrogens (tertiary/aromatic N) is 1. The standard InChI is InChI=1S/C30H49N9O12/c1-14(2)5-18(27(47)39-22(12-41)30(50)51)35-23(42)10-33-26(46)20(7-16-9-32-13-34-16)37-29(49)21(8-24(43)44)38-28(48)19(6-15(3)4)36-25(45)17(31)11-40/h9,13-15,17-22,40-41H,5-8,10-12,31H2,1-4H3,(H,32,34)(H,33,46)(H,35,42)(H,36,45)(H,37,49)(H,38,48)(H,39,47)(H,43,44)(H,50,51)/t17-,18-,19-,20-,21-,22-/m0/s1. The summed E-state index contributed by atoms with van der Waals surface area (Å²) in [5, 5.41) is 50.9. The first-order chi connectivity index (χ1) is 23.9. The Morgan fingerprint density at radius 1 is 0.706 bits per heavy atom.